The maximum Gasteiger partial charge on any atom is 0.252 e. The molecular weight excluding hydrogens is 260 g/mol. The molecule has 2 aromatic rings. The molecule has 0 radical (unpaired) electrons. The van der Waals surface area contributed by atoms with Crippen LogP contribution in [0, 0.1) is 0 Å². The van der Waals surface area contributed by atoms with Gasteiger partial charge in [-0.3, -0.25) is 4.79 Å². The van der Waals surface area contributed by atoms with Gasteiger partial charge in [0.15, 0.2) is 6.10 Å². The standard InChI is InChI=1S/C13H14N4O3/c1-19-12(13(15)18)10-6-11(17-7-16-10)20-9-4-2-8(14)3-5-9/h2-7,12H,14H2,1H3,(H2,15,18). The molecule has 2 rings (SSSR count). The van der Waals surface area contributed by atoms with Gasteiger partial charge in [0.25, 0.3) is 5.91 Å². The van der Waals surface area contributed by atoms with Crippen molar-refractivity contribution in [2.45, 2.75) is 6.10 Å². The minimum Gasteiger partial charge on any atom is -0.439 e. The number of primary amides is 1. The lowest BCUT2D eigenvalue weighted by atomic mass is 10.2. The van der Waals surface area contributed by atoms with E-state index in [-0.39, 0.29) is 5.88 Å². The molecule has 1 heterocycles. The number of nitrogens with two attached hydrogens (primary N) is 2. The van der Waals surface area contributed by atoms with Crippen molar-refractivity contribution in [2.75, 3.05) is 12.8 Å². The fraction of sp³-hybridized carbons (Fsp3) is 0.154. The first-order chi connectivity index (χ1) is 9.60. The van der Waals surface area contributed by atoms with Crippen LogP contribution < -0.4 is 16.2 Å². The molecule has 0 aliphatic heterocycles. The van der Waals surface area contributed by atoms with Gasteiger partial charge in [-0.2, -0.15) is 0 Å². The Bertz CT molecular complexity index is 601. The van der Waals surface area contributed by atoms with Crippen molar-refractivity contribution in [3.05, 3.63) is 42.4 Å². The number of methoxy groups -OCH3 is 1. The number of carbonyl (C=O) groups excluding carboxylic acids is 1. The van der Waals surface area contributed by atoms with Crippen molar-refractivity contribution in [1.29, 1.82) is 0 Å². The maximum atomic E-state index is 11.2. The van der Waals surface area contributed by atoms with E-state index in [0.717, 1.165) is 0 Å². The molecule has 7 nitrogen and oxygen atoms in total. The van der Waals surface area contributed by atoms with Crippen molar-refractivity contribution >= 4 is 11.6 Å². The van der Waals surface area contributed by atoms with E-state index in [1.165, 1.54) is 19.5 Å². The average Bonchev–Trinajstić information content (AvgIpc) is 2.42. The SMILES string of the molecule is COC(C(N)=O)c1cc(Oc2ccc(N)cc2)ncn1. The Balaban J connectivity index is 2.21. The summed E-state index contributed by atoms with van der Waals surface area (Å²) in [4.78, 5) is 19.1. The van der Waals surface area contributed by atoms with Crippen molar-refractivity contribution < 1.29 is 14.3 Å². The van der Waals surface area contributed by atoms with Gasteiger partial charge in [0, 0.05) is 18.9 Å². The molecule has 0 fully saturated rings. The predicted octanol–water partition coefficient (Wildman–Crippen LogP) is 1.02. The third-order valence-corrected chi connectivity index (χ3v) is 2.53. The number of benzene rings is 1. The Kier molecular flexibility index (Phi) is 4.11. The summed E-state index contributed by atoms with van der Waals surface area (Å²) in [6.07, 6.45) is 0.337. The lowest BCUT2D eigenvalue weighted by Gasteiger charge is -2.11. The van der Waals surface area contributed by atoms with E-state index in [1.54, 1.807) is 24.3 Å². The smallest absolute Gasteiger partial charge is 0.252 e. The Hall–Kier alpha value is -2.67. The van der Waals surface area contributed by atoms with E-state index in [9.17, 15) is 4.79 Å². The molecule has 1 amide bonds. The van der Waals surface area contributed by atoms with Crippen molar-refractivity contribution in [2.24, 2.45) is 5.73 Å². The number of hydrogen-bond acceptors (Lipinski definition) is 6. The molecule has 0 spiro atoms. The molecule has 0 aliphatic rings. The number of nitrogen functional groups attached to an aromatic ring is 1. The molecule has 20 heavy (non-hydrogen) atoms. The number of rotatable bonds is 5. The highest BCUT2D eigenvalue weighted by molar-refractivity contribution is 5.79. The minimum absolute atomic E-state index is 0.281. The monoisotopic (exact) mass is 274 g/mol. The molecule has 1 unspecified atom stereocenters. The first kappa shape index (κ1) is 13.8. The molecule has 1 aromatic heterocycles. The minimum atomic E-state index is -0.938. The first-order valence-corrected chi connectivity index (χ1v) is 5.77. The maximum absolute atomic E-state index is 11.2. The third kappa shape index (κ3) is 3.21. The number of carbonyl (C=O) groups is 1. The quantitative estimate of drug-likeness (QED) is 0.787. The summed E-state index contributed by atoms with van der Waals surface area (Å²) in [7, 11) is 1.37. The normalized spacial score (nSPS) is 11.8. The van der Waals surface area contributed by atoms with Crippen LogP contribution in [-0.2, 0) is 9.53 Å². The highest BCUT2D eigenvalue weighted by Gasteiger charge is 2.19. The van der Waals surface area contributed by atoms with Crippen LogP contribution in [0.25, 0.3) is 0 Å². The number of anilines is 1. The number of hydrogen-bond donors (Lipinski definition) is 2. The van der Waals surface area contributed by atoms with Crippen LogP contribution in [0.15, 0.2) is 36.7 Å². The van der Waals surface area contributed by atoms with Gasteiger partial charge >= 0.3 is 0 Å². The summed E-state index contributed by atoms with van der Waals surface area (Å²) < 4.78 is 10.5. The topological polar surface area (TPSA) is 113 Å². The van der Waals surface area contributed by atoms with Gasteiger partial charge < -0.3 is 20.9 Å². The van der Waals surface area contributed by atoms with Gasteiger partial charge in [-0.25, -0.2) is 9.97 Å². The fourth-order valence-electron chi connectivity index (χ4n) is 1.59. The van der Waals surface area contributed by atoms with Crippen LogP contribution in [0.5, 0.6) is 11.6 Å². The van der Waals surface area contributed by atoms with Crippen LogP contribution in [0.3, 0.4) is 0 Å². The van der Waals surface area contributed by atoms with Crippen LogP contribution in [0.2, 0.25) is 0 Å². The van der Waals surface area contributed by atoms with Gasteiger partial charge in [0.2, 0.25) is 5.88 Å². The second-order valence-electron chi connectivity index (χ2n) is 3.97. The number of nitrogens with zero attached hydrogens (tertiary/aromatic N) is 2. The van der Waals surface area contributed by atoms with E-state index in [0.29, 0.717) is 17.1 Å². The van der Waals surface area contributed by atoms with Gasteiger partial charge in [-0.05, 0) is 24.3 Å². The molecule has 104 valence electrons. The fourth-order valence-corrected chi connectivity index (χ4v) is 1.59. The number of ether oxygens (including phenoxy) is 2. The third-order valence-electron chi connectivity index (χ3n) is 2.53. The lowest BCUT2D eigenvalue weighted by Crippen LogP contribution is -2.23. The number of aromatic nitrogens is 2. The zero-order chi connectivity index (χ0) is 14.5. The Labute approximate surface area is 115 Å². The number of amides is 1. The summed E-state index contributed by atoms with van der Waals surface area (Å²) in [5.74, 6) is 0.213. The highest BCUT2D eigenvalue weighted by Crippen LogP contribution is 2.23. The van der Waals surface area contributed by atoms with E-state index in [2.05, 4.69) is 9.97 Å². The Morgan fingerprint density at radius 3 is 2.55 bits per heavy atom. The van der Waals surface area contributed by atoms with E-state index in [4.69, 9.17) is 20.9 Å². The molecule has 0 aliphatic carbocycles. The van der Waals surface area contributed by atoms with Crippen molar-refractivity contribution in [3.8, 4) is 11.6 Å². The summed E-state index contributed by atoms with van der Waals surface area (Å²) in [5.41, 5.74) is 11.8. The molecule has 0 bridgehead atoms. The van der Waals surface area contributed by atoms with Crippen LogP contribution in [0.1, 0.15) is 11.8 Å². The Morgan fingerprint density at radius 2 is 1.95 bits per heavy atom. The van der Waals surface area contributed by atoms with E-state index < -0.39 is 12.0 Å². The Morgan fingerprint density at radius 1 is 1.25 bits per heavy atom. The zero-order valence-corrected chi connectivity index (χ0v) is 10.8. The van der Waals surface area contributed by atoms with Gasteiger partial charge in [-0.1, -0.05) is 0 Å². The molecule has 7 heteroatoms. The zero-order valence-electron chi connectivity index (χ0n) is 10.8. The highest BCUT2D eigenvalue weighted by atomic mass is 16.5. The van der Waals surface area contributed by atoms with Gasteiger partial charge in [0.1, 0.15) is 12.1 Å². The van der Waals surface area contributed by atoms with Gasteiger partial charge in [-0.15, -0.1) is 0 Å². The average molecular weight is 274 g/mol. The van der Waals surface area contributed by atoms with Crippen LogP contribution >= 0.6 is 0 Å². The summed E-state index contributed by atoms with van der Waals surface area (Å²) >= 11 is 0. The van der Waals surface area contributed by atoms with Crippen molar-refractivity contribution in [3.63, 3.8) is 0 Å². The predicted molar refractivity (Wildman–Crippen MR) is 71.9 cm³/mol. The van der Waals surface area contributed by atoms with Crippen molar-refractivity contribution in [1.82, 2.24) is 9.97 Å². The molecule has 1 aromatic carbocycles. The molecule has 0 saturated heterocycles. The first-order valence-electron chi connectivity index (χ1n) is 5.77. The molecule has 0 saturated carbocycles. The molecule has 1 atom stereocenters. The lowest BCUT2D eigenvalue weighted by molar-refractivity contribution is -0.128. The molecule has 4 N–H and O–H groups in total. The van der Waals surface area contributed by atoms with Gasteiger partial charge in [0.05, 0.1) is 5.69 Å². The largest absolute Gasteiger partial charge is 0.439 e. The van der Waals surface area contributed by atoms with Crippen LogP contribution in [-0.4, -0.2) is 23.0 Å². The van der Waals surface area contributed by atoms with E-state index in [1.807, 2.05) is 0 Å². The van der Waals surface area contributed by atoms with E-state index >= 15 is 0 Å². The van der Waals surface area contributed by atoms with Crippen LogP contribution in [0.4, 0.5) is 5.69 Å². The summed E-state index contributed by atoms with van der Waals surface area (Å²) in [6, 6.07) is 8.32. The second-order valence-corrected chi connectivity index (χ2v) is 3.97. The molecular formula is C13H14N4O3. The summed E-state index contributed by atoms with van der Waals surface area (Å²) in [6.45, 7) is 0. The summed E-state index contributed by atoms with van der Waals surface area (Å²) in [5, 5.41) is 0. The second kappa shape index (κ2) is 5.98.